The van der Waals surface area contributed by atoms with Crippen molar-refractivity contribution < 1.29 is 9.18 Å². The van der Waals surface area contributed by atoms with Gasteiger partial charge in [0.15, 0.2) is 6.29 Å². The molecule has 4 heteroatoms. The summed E-state index contributed by atoms with van der Waals surface area (Å²) < 4.78 is 15.7. The van der Waals surface area contributed by atoms with Crippen LogP contribution in [-0.4, -0.2) is 10.9 Å². The Hall–Kier alpha value is -1.94. The van der Waals surface area contributed by atoms with Crippen molar-refractivity contribution >= 4 is 33.1 Å². The molecule has 0 unspecified atom stereocenters. The summed E-state index contributed by atoms with van der Waals surface area (Å²) in [5.41, 5.74) is 2.63. The summed E-state index contributed by atoms with van der Waals surface area (Å²) >= 11 is 3.19. The normalized spacial score (nSPS) is 10.9. The van der Waals surface area contributed by atoms with Crippen LogP contribution in [0.25, 0.3) is 10.9 Å². The second kappa shape index (κ2) is 5.21. The number of halogens is 2. The molecule has 0 fully saturated rings. The Morgan fingerprint density at radius 3 is 2.75 bits per heavy atom. The number of aromatic nitrogens is 1. The van der Waals surface area contributed by atoms with Gasteiger partial charge in [-0.1, -0.05) is 24.3 Å². The molecule has 1 heterocycles. The fourth-order valence-corrected chi connectivity index (χ4v) is 2.76. The SMILES string of the molecule is O=Cc1cn(Cc2ccc(F)c(Br)c2)c2ccccc12. The van der Waals surface area contributed by atoms with Crippen molar-refractivity contribution in [2.75, 3.05) is 0 Å². The van der Waals surface area contributed by atoms with E-state index in [1.165, 1.54) is 6.07 Å². The van der Waals surface area contributed by atoms with Gasteiger partial charge in [0.1, 0.15) is 5.82 Å². The predicted octanol–water partition coefficient (Wildman–Crippen LogP) is 4.40. The number of para-hydroxylation sites is 1. The Kier molecular flexibility index (Phi) is 3.40. The number of rotatable bonds is 3. The molecule has 0 amide bonds. The van der Waals surface area contributed by atoms with Gasteiger partial charge in [-0.05, 0) is 39.7 Å². The van der Waals surface area contributed by atoms with Gasteiger partial charge >= 0.3 is 0 Å². The minimum atomic E-state index is -0.278. The Morgan fingerprint density at radius 1 is 1.20 bits per heavy atom. The maximum absolute atomic E-state index is 13.2. The van der Waals surface area contributed by atoms with E-state index < -0.39 is 0 Å². The van der Waals surface area contributed by atoms with Crippen LogP contribution in [0, 0.1) is 5.82 Å². The van der Waals surface area contributed by atoms with Crippen LogP contribution in [0.3, 0.4) is 0 Å². The molecule has 0 radical (unpaired) electrons. The third kappa shape index (κ3) is 2.27. The van der Waals surface area contributed by atoms with Gasteiger partial charge in [-0.3, -0.25) is 4.79 Å². The highest BCUT2D eigenvalue weighted by molar-refractivity contribution is 9.10. The van der Waals surface area contributed by atoms with Gasteiger partial charge in [0.2, 0.25) is 0 Å². The fourth-order valence-electron chi connectivity index (χ4n) is 2.33. The van der Waals surface area contributed by atoms with E-state index in [2.05, 4.69) is 15.9 Å². The van der Waals surface area contributed by atoms with Crippen molar-refractivity contribution in [1.82, 2.24) is 4.57 Å². The Morgan fingerprint density at radius 2 is 2.00 bits per heavy atom. The molecule has 0 saturated carbocycles. The van der Waals surface area contributed by atoms with Gasteiger partial charge in [-0.25, -0.2) is 4.39 Å². The third-order valence-corrected chi connectivity index (χ3v) is 3.89. The monoisotopic (exact) mass is 331 g/mol. The number of hydrogen-bond donors (Lipinski definition) is 0. The van der Waals surface area contributed by atoms with Crippen molar-refractivity contribution in [3.63, 3.8) is 0 Å². The van der Waals surface area contributed by atoms with Gasteiger partial charge < -0.3 is 4.57 Å². The molecule has 0 aliphatic rings. The summed E-state index contributed by atoms with van der Waals surface area (Å²) in [6.45, 7) is 0.591. The van der Waals surface area contributed by atoms with Crippen molar-refractivity contribution in [2.24, 2.45) is 0 Å². The number of fused-ring (bicyclic) bond motifs is 1. The zero-order valence-electron chi connectivity index (χ0n) is 10.5. The Labute approximate surface area is 124 Å². The average Bonchev–Trinajstić information content (AvgIpc) is 2.81. The number of benzene rings is 2. The van der Waals surface area contributed by atoms with Crippen LogP contribution in [0.1, 0.15) is 15.9 Å². The molecule has 1 aromatic heterocycles. The van der Waals surface area contributed by atoms with Crippen LogP contribution in [0.15, 0.2) is 53.1 Å². The molecule has 0 spiro atoms. The van der Waals surface area contributed by atoms with Crippen LogP contribution >= 0.6 is 15.9 Å². The highest BCUT2D eigenvalue weighted by atomic mass is 79.9. The number of hydrogen-bond acceptors (Lipinski definition) is 1. The van der Waals surface area contributed by atoms with E-state index in [9.17, 15) is 9.18 Å². The van der Waals surface area contributed by atoms with E-state index in [1.807, 2.05) is 35.0 Å². The van der Waals surface area contributed by atoms with Crippen LogP contribution < -0.4 is 0 Å². The van der Waals surface area contributed by atoms with E-state index in [1.54, 1.807) is 12.1 Å². The molecule has 0 aliphatic heterocycles. The van der Waals surface area contributed by atoms with Gasteiger partial charge in [0, 0.05) is 29.2 Å². The first kappa shape index (κ1) is 13.1. The lowest BCUT2D eigenvalue weighted by Crippen LogP contribution is -1.98. The van der Waals surface area contributed by atoms with Crippen LogP contribution in [0.5, 0.6) is 0 Å². The standard InChI is InChI=1S/C16H11BrFNO/c17-14-7-11(5-6-15(14)18)8-19-9-12(10-20)13-3-1-2-4-16(13)19/h1-7,9-10H,8H2. The van der Waals surface area contributed by atoms with E-state index >= 15 is 0 Å². The largest absolute Gasteiger partial charge is 0.342 e. The molecule has 0 atom stereocenters. The molecule has 0 aliphatic carbocycles. The number of carbonyl (C=O) groups excluding carboxylic acids is 1. The molecule has 0 saturated heterocycles. The lowest BCUT2D eigenvalue weighted by atomic mass is 10.2. The summed E-state index contributed by atoms with van der Waals surface area (Å²) in [4.78, 5) is 11.1. The first-order valence-corrected chi connectivity index (χ1v) is 6.95. The summed E-state index contributed by atoms with van der Waals surface area (Å²) in [6, 6.07) is 12.7. The first-order valence-electron chi connectivity index (χ1n) is 6.16. The Balaban J connectivity index is 2.06. The molecule has 0 N–H and O–H groups in total. The highest BCUT2D eigenvalue weighted by Gasteiger charge is 2.08. The topological polar surface area (TPSA) is 22.0 Å². The molecule has 2 aromatic carbocycles. The molecular formula is C16H11BrFNO. The quantitative estimate of drug-likeness (QED) is 0.652. The lowest BCUT2D eigenvalue weighted by molar-refractivity contribution is 0.112. The smallest absolute Gasteiger partial charge is 0.152 e. The number of nitrogens with zero attached hydrogens (tertiary/aromatic N) is 1. The fraction of sp³-hybridized carbons (Fsp3) is 0.0625. The van der Waals surface area contributed by atoms with Crippen LogP contribution in [-0.2, 0) is 6.54 Å². The zero-order chi connectivity index (χ0) is 14.1. The van der Waals surface area contributed by atoms with E-state index in [-0.39, 0.29) is 5.82 Å². The lowest BCUT2D eigenvalue weighted by Gasteiger charge is -2.06. The van der Waals surface area contributed by atoms with Gasteiger partial charge in [-0.15, -0.1) is 0 Å². The van der Waals surface area contributed by atoms with Crippen molar-refractivity contribution in [3.05, 3.63) is 70.1 Å². The molecular weight excluding hydrogens is 321 g/mol. The van der Waals surface area contributed by atoms with Crippen LogP contribution in [0.2, 0.25) is 0 Å². The maximum atomic E-state index is 13.2. The second-order valence-electron chi connectivity index (χ2n) is 4.60. The molecule has 2 nitrogen and oxygen atoms in total. The van der Waals surface area contributed by atoms with E-state index in [0.29, 0.717) is 16.6 Å². The maximum Gasteiger partial charge on any atom is 0.152 e. The van der Waals surface area contributed by atoms with E-state index in [0.717, 1.165) is 22.8 Å². The molecule has 3 aromatic rings. The van der Waals surface area contributed by atoms with Crippen LogP contribution in [0.4, 0.5) is 4.39 Å². The summed E-state index contributed by atoms with van der Waals surface area (Å²) in [6.07, 6.45) is 2.69. The van der Waals surface area contributed by atoms with Crippen molar-refractivity contribution in [3.8, 4) is 0 Å². The first-order chi connectivity index (χ1) is 9.69. The molecule has 0 bridgehead atoms. The number of carbonyl (C=O) groups is 1. The minimum Gasteiger partial charge on any atom is -0.342 e. The summed E-state index contributed by atoms with van der Waals surface area (Å²) in [5.74, 6) is -0.278. The zero-order valence-corrected chi connectivity index (χ0v) is 12.1. The highest BCUT2D eigenvalue weighted by Crippen LogP contribution is 2.23. The van der Waals surface area contributed by atoms with Crippen molar-refractivity contribution in [1.29, 1.82) is 0 Å². The Bertz CT molecular complexity index is 794. The second-order valence-corrected chi connectivity index (χ2v) is 5.45. The molecule has 20 heavy (non-hydrogen) atoms. The predicted molar refractivity (Wildman–Crippen MR) is 80.5 cm³/mol. The van der Waals surface area contributed by atoms with Gasteiger partial charge in [-0.2, -0.15) is 0 Å². The molecule has 3 rings (SSSR count). The van der Waals surface area contributed by atoms with Gasteiger partial charge in [0.25, 0.3) is 0 Å². The third-order valence-electron chi connectivity index (χ3n) is 3.28. The minimum absolute atomic E-state index is 0.278. The average molecular weight is 332 g/mol. The van der Waals surface area contributed by atoms with Gasteiger partial charge in [0.05, 0.1) is 4.47 Å². The summed E-state index contributed by atoms with van der Waals surface area (Å²) in [7, 11) is 0. The summed E-state index contributed by atoms with van der Waals surface area (Å²) in [5, 5.41) is 0.934. The van der Waals surface area contributed by atoms with Crippen molar-refractivity contribution in [2.45, 2.75) is 6.54 Å². The number of aldehydes is 1. The molecule has 100 valence electrons. The van der Waals surface area contributed by atoms with E-state index in [4.69, 9.17) is 0 Å².